The monoisotopic (exact) mass is 372 g/mol. The number of imide groups is 1. The molecule has 7 nitrogen and oxygen atoms in total. The van der Waals surface area contributed by atoms with Crippen molar-refractivity contribution in [2.45, 2.75) is 12.6 Å². The van der Waals surface area contributed by atoms with E-state index in [0.29, 0.717) is 0 Å². The summed E-state index contributed by atoms with van der Waals surface area (Å²) >= 11 is 0.178. The summed E-state index contributed by atoms with van der Waals surface area (Å²) in [6.07, 6.45) is -0.00984. The van der Waals surface area contributed by atoms with Crippen LogP contribution in [0, 0.1) is 23.7 Å². The molecule has 4 atom stereocenters. The Morgan fingerprint density at radius 2 is 1.80 bits per heavy atom. The molecule has 4 rings (SSSR count). The molecule has 1 aromatic rings. The van der Waals surface area contributed by atoms with Gasteiger partial charge in [-0.15, -0.1) is 10.2 Å². The number of carbonyl (C=O) groups excluding carboxylic acids is 3. The predicted octanol–water partition coefficient (Wildman–Crippen LogP) is 1.30. The molecule has 3 aliphatic rings. The normalized spacial score (nSPS) is 30.3. The summed E-state index contributed by atoms with van der Waals surface area (Å²) in [7, 11) is 0. The fourth-order valence-electron chi connectivity index (χ4n) is 3.81. The van der Waals surface area contributed by atoms with Crippen LogP contribution in [0.1, 0.15) is 11.4 Å². The van der Waals surface area contributed by atoms with Crippen molar-refractivity contribution in [3.8, 4) is 0 Å². The molecule has 0 spiro atoms. The lowest BCUT2D eigenvalue weighted by Gasteiger charge is -2.16. The van der Waals surface area contributed by atoms with Crippen molar-refractivity contribution in [1.82, 2.24) is 15.1 Å². The molecule has 0 radical (unpaired) electrons. The zero-order valence-electron chi connectivity index (χ0n) is 12.5. The van der Waals surface area contributed by atoms with E-state index in [1.54, 1.807) is 0 Å². The molecule has 2 heterocycles. The highest BCUT2D eigenvalue weighted by Crippen LogP contribution is 2.52. The lowest BCUT2D eigenvalue weighted by molar-refractivity contribution is -0.143. The summed E-state index contributed by atoms with van der Waals surface area (Å²) in [5.74, 6) is -2.37. The number of aromatic nitrogens is 2. The quantitative estimate of drug-likeness (QED) is 0.638. The van der Waals surface area contributed by atoms with Gasteiger partial charge < -0.3 is 0 Å². The van der Waals surface area contributed by atoms with Crippen LogP contribution < -0.4 is 5.32 Å². The van der Waals surface area contributed by atoms with E-state index < -0.39 is 47.3 Å². The van der Waals surface area contributed by atoms with Gasteiger partial charge in [-0.25, -0.2) is 0 Å². The molecule has 132 valence electrons. The number of rotatable bonds is 3. The van der Waals surface area contributed by atoms with Gasteiger partial charge in [0.05, 0.1) is 11.8 Å². The number of fused-ring (bicyclic) bond motifs is 5. The van der Waals surface area contributed by atoms with Crippen LogP contribution in [-0.2, 0) is 20.6 Å². The number of amides is 3. The van der Waals surface area contributed by atoms with E-state index >= 15 is 0 Å². The third-order valence-electron chi connectivity index (χ3n) is 4.78. The third-order valence-corrected chi connectivity index (χ3v) is 5.66. The molecule has 3 amide bonds. The minimum Gasteiger partial charge on any atom is -0.299 e. The molecule has 1 N–H and O–H groups in total. The van der Waals surface area contributed by atoms with Crippen LogP contribution in [0.3, 0.4) is 0 Å². The lowest BCUT2D eigenvalue weighted by atomic mass is 9.85. The maximum Gasteiger partial charge on any atom is 0.445 e. The smallest absolute Gasteiger partial charge is 0.299 e. The first-order chi connectivity index (χ1) is 11.8. The molecular weight excluding hydrogens is 361 g/mol. The SMILES string of the molecule is O=C(CN1C(=O)[C@@H]2[C@H](C1=O)[C@H]1C=C[C@@H]2C1)Nc1nnc(C(F)(F)F)s1. The molecule has 1 aliphatic heterocycles. The highest BCUT2D eigenvalue weighted by atomic mass is 32.1. The first-order valence-corrected chi connectivity index (χ1v) is 8.31. The molecule has 1 aromatic heterocycles. The molecule has 25 heavy (non-hydrogen) atoms. The standard InChI is InChI=1S/C14H11F3N4O3S/c15-14(16,17)12-19-20-13(25-12)18-7(22)4-21-10(23)8-5-1-2-6(3-5)9(8)11(21)24/h1-2,5-6,8-9H,3-4H2,(H,18,20,22)/t5-,6+,8+,9-. The second kappa shape index (κ2) is 5.35. The van der Waals surface area contributed by atoms with Crippen molar-refractivity contribution < 1.29 is 27.6 Å². The first-order valence-electron chi connectivity index (χ1n) is 7.50. The van der Waals surface area contributed by atoms with E-state index in [-0.39, 0.29) is 28.3 Å². The summed E-state index contributed by atoms with van der Waals surface area (Å²) < 4.78 is 37.4. The number of carbonyl (C=O) groups is 3. The molecule has 0 aromatic carbocycles. The summed E-state index contributed by atoms with van der Waals surface area (Å²) in [5, 5.41) is 6.82. The van der Waals surface area contributed by atoms with Crippen LogP contribution >= 0.6 is 11.3 Å². The van der Waals surface area contributed by atoms with Crippen molar-refractivity contribution in [2.75, 3.05) is 11.9 Å². The minimum atomic E-state index is -4.65. The number of likely N-dealkylation sites (tertiary alicyclic amines) is 1. The van der Waals surface area contributed by atoms with Crippen molar-refractivity contribution >= 4 is 34.2 Å². The van der Waals surface area contributed by atoms with Crippen LogP contribution in [-0.4, -0.2) is 39.4 Å². The maximum atomic E-state index is 12.5. The third kappa shape index (κ3) is 2.53. The van der Waals surface area contributed by atoms with Crippen LogP contribution in [0.5, 0.6) is 0 Å². The molecule has 0 unspecified atom stereocenters. The fourth-order valence-corrected chi connectivity index (χ4v) is 4.44. The summed E-state index contributed by atoms with van der Waals surface area (Å²) in [4.78, 5) is 37.7. The number of hydrogen-bond donors (Lipinski definition) is 1. The average molecular weight is 372 g/mol. The van der Waals surface area contributed by atoms with E-state index in [1.807, 2.05) is 12.2 Å². The second-order valence-electron chi connectivity index (χ2n) is 6.22. The van der Waals surface area contributed by atoms with Gasteiger partial charge in [-0.3, -0.25) is 24.6 Å². The Hall–Kier alpha value is -2.30. The molecule has 2 bridgehead atoms. The number of allylic oxidation sites excluding steroid dienone is 2. The molecule has 1 saturated carbocycles. The number of alkyl halides is 3. The molecule has 2 aliphatic carbocycles. The number of hydrogen-bond acceptors (Lipinski definition) is 6. The Bertz CT molecular complexity index is 775. The van der Waals surface area contributed by atoms with E-state index in [1.165, 1.54) is 0 Å². The second-order valence-corrected chi connectivity index (χ2v) is 7.20. The highest BCUT2D eigenvalue weighted by Gasteiger charge is 2.59. The van der Waals surface area contributed by atoms with Crippen molar-refractivity contribution in [2.24, 2.45) is 23.7 Å². The largest absolute Gasteiger partial charge is 0.445 e. The van der Waals surface area contributed by atoms with Gasteiger partial charge in [-0.05, 0) is 18.3 Å². The lowest BCUT2D eigenvalue weighted by Crippen LogP contribution is -2.39. The van der Waals surface area contributed by atoms with E-state index in [0.717, 1.165) is 11.3 Å². The van der Waals surface area contributed by atoms with Crippen LogP contribution in [0.25, 0.3) is 0 Å². The van der Waals surface area contributed by atoms with Gasteiger partial charge in [0.15, 0.2) is 0 Å². The Morgan fingerprint density at radius 3 is 2.32 bits per heavy atom. The highest BCUT2D eigenvalue weighted by molar-refractivity contribution is 7.15. The van der Waals surface area contributed by atoms with Gasteiger partial charge in [0.1, 0.15) is 6.54 Å². The van der Waals surface area contributed by atoms with Gasteiger partial charge >= 0.3 is 6.18 Å². The van der Waals surface area contributed by atoms with Gasteiger partial charge in [0.25, 0.3) is 0 Å². The fraction of sp³-hybridized carbons (Fsp3) is 0.500. The number of nitrogens with zero attached hydrogens (tertiary/aromatic N) is 3. The maximum absolute atomic E-state index is 12.5. The number of nitrogens with one attached hydrogen (secondary N) is 1. The molecule has 2 fully saturated rings. The Balaban J connectivity index is 1.43. The minimum absolute atomic E-state index is 0.0250. The van der Waals surface area contributed by atoms with Crippen molar-refractivity contribution in [3.05, 3.63) is 17.2 Å². The van der Waals surface area contributed by atoms with Gasteiger partial charge in [-0.2, -0.15) is 13.2 Å². The van der Waals surface area contributed by atoms with Gasteiger partial charge in [-0.1, -0.05) is 23.5 Å². The summed E-state index contributed by atoms with van der Waals surface area (Å²) in [6, 6.07) is 0. The topological polar surface area (TPSA) is 92.3 Å². The van der Waals surface area contributed by atoms with Crippen LogP contribution in [0.15, 0.2) is 12.2 Å². The summed E-state index contributed by atoms with van der Waals surface area (Å²) in [5.41, 5.74) is 0. The van der Waals surface area contributed by atoms with Gasteiger partial charge in [0.2, 0.25) is 27.9 Å². The molecule has 1 saturated heterocycles. The van der Waals surface area contributed by atoms with Crippen molar-refractivity contribution in [3.63, 3.8) is 0 Å². The Morgan fingerprint density at radius 1 is 1.20 bits per heavy atom. The van der Waals surface area contributed by atoms with Crippen LogP contribution in [0.4, 0.5) is 18.3 Å². The average Bonchev–Trinajstić information content (AvgIpc) is 3.27. The first kappa shape index (κ1) is 16.2. The van der Waals surface area contributed by atoms with Gasteiger partial charge in [0, 0.05) is 0 Å². The number of anilines is 1. The Labute approximate surface area is 142 Å². The predicted molar refractivity (Wildman–Crippen MR) is 78.0 cm³/mol. The van der Waals surface area contributed by atoms with E-state index in [4.69, 9.17) is 0 Å². The summed E-state index contributed by atoms with van der Waals surface area (Å²) in [6.45, 7) is -0.537. The zero-order chi connectivity index (χ0) is 17.9. The zero-order valence-corrected chi connectivity index (χ0v) is 13.3. The van der Waals surface area contributed by atoms with E-state index in [2.05, 4.69) is 15.5 Å². The Kier molecular flexibility index (Phi) is 3.46. The van der Waals surface area contributed by atoms with Crippen LogP contribution in [0.2, 0.25) is 0 Å². The molecular formula is C14H11F3N4O3S. The number of halogens is 3. The van der Waals surface area contributed by atoms with Crippen molar-refractivity contribution in [1.29, 1.82) is 0 Å². The molecule has 11 heteroatoms. The van der Waals surface area contributed by atoms with E-state index in [9.17, 15) is 27.6 Å².